The van der Waals surface area contributed by atoms with Crippen LogP contribution in [0, 0.1) is 0 Å². The van der Waals surface area contributed by atoms with Crippen LogP contribution in [0.25, 0.3) is 5.69 Å². The van der Waals surface area contributed by atoms with Gasteiger partial charge in [0.25, 0.3) is 0 Å². The lowest BCUT2D eigenvalue weighted by Crippen LogP contribution is -2.11. The van der Waals surface area contributed by atoms with Gasteiger partial charge in [-0.1, -0.05) is 25.1 Å². The number of benzene rings is 1. The summed E-state index contributed by atoms with van der Waals surface area (Å²) in [6.07, 6.45) is 5.90. The Labute approximate surface area is 124 Å². The Bertz CT molecular complexity index is 684. The maximum Gasteiger partial charge on any atom is 0.0953 e. The quantitative estimate of drug-likeness (QED) is 0.753. The lowest BCUT2D eigenvalue weighted by molar-refractivity contribution is 0.710. The van der Waals surface area contributed by atoms with Crippen molar-refractivity contribution < 1.29 is 0 Å². The van der Waals surface area contributed by atoms with E-state index in [1.807, 2.05) is 53.6 Å². The van der Waals surface area contributed by atoms with Crippen LogP contribution < -0.4 is 5.32 Å². The van der Waals surface area contributed by atoms with Crippen molar-refractivity contribution in [3.05, 3.63) is 66.5 Å². The summed E-state index contributed by atoms with van der Waals surface area (Å²) in [5.41, 5.74) is 3.15. The van der Waals surface area contributed by atoms with Gasteiger partial charge in [0.1, 0.15) is 0 Å². The summed E-state index contributed by atoms with van der Waals surface area (Å²) < 4.78 is 3.95. The topological polar surface area (TPSA) is 47.7 Å². The van der Waals surface area contributed by atoms with Gasteiger partial charge in [-0.15, -0.1) is 0 Å². The molecule has 0 bridgehead atoms. The second-order valence-corrected chi connectivity index (χ2v) is 4.90. The summed E-state index contributed by atoms with van der Waals surface area (Å²) in [6, 6.07) is 12.2. The largest absolute Gasteiger partial charge is 0.331 e. The third kappa shape index (κ3) is 3.38. The normalized spacial score (nSPS) is 10.9. The number of hydrogen-bond acceptors (Lipinski definition) is 3. The van der Waals surface area contributed by atoms with E-state index in [-0.39, 0.29) is 0 Å². The van der Waals surface area contributed by atoms with E-state index in [2.05, 4.69) is 33.1 Å². The van der Waals surface area contributed by atoms with Crippen molar-refractivity contribution in [2.24, 2.45) is 0 Å². The molecule has 3 rings (SSSR count). The second kappa shape index (κ2) is 6.37. The zero-order valence-electron chi connectivity index (χ0n) is 12.1. The molecular weight excluding hydrogens is 262 g/mol. The molecule has 21 heavy (non-hydrogen) atoms. The number of imidazole rings is 1. The number of nitrogens with one attached hydrogen (secondary N) is 1. The SMILES string of the molecule is CCNCc1cn(Cc2ccn(-c3ccccc3)n2)cn1. The minimum Gasteiger partial charge on any atom is -0.331 e. The van der Waals surface area contributed by atoms with Gasteiger partial charge >= 0.3 is 0 Å². The van der Waals surface area contributed by atoms with Crippen molar-refractivity contribution in [2.75, 3.05) is 6.54 Å². The summed E-state index contributed by atoms with van der Waals surface area (Å²) in [4.78, 5) is 4.38. The predicted molar refractivity (Wildman–Crippen MR) is 82.3 cm³/mol. The molecule has 5 heteroatoms. The first kappa shape index (κ1) is 13.6. The van der Waals surface area contributed by atoms with Crippen LogP contribution >= 0.6 is 0 Å². The van der Waals surface area contributed by atoms with Crippen molar-refractivity contribution in [3.8, 4) is 5.69 Å². The second-order valence-electron chi connectivity index (χ2n) is 4.90. The molecule has 1 aromatic carbocycles. The molecule has 108 valence electrons. The summed E-state index contributed by atoms with van der Waals surface area (Å²) in [5, 5.41) is 7.87. The third-order valence-electron chi connectivity index (χ3n) is 3.25. The molecule has 3 aromatic rings. The highest BCUT2D eigenvalue weighted by molar-refractivity contribution is 5.30. The average Bonchev–Trinajstić information content (AvgIpc) is 3.16. The minimum atomic E-state index is 0.735. The van der Waals surface area contributed by atoms with E-state index >= 15 is 0 Å². The number of nitrogens with zero attached hydrogens (tertiary/aromatic N) is 4. The van der Waals surface area contributed by atoms with Gasteiger partial charge in [0.2, 0.25) is 0 Å². The third-order valence-corrected chi connectivity index (χ3v) is 3.25. The van der Waals surface area contributed by atoms with Gasteiger partial charge in [0.05, 0.1) is 29.9 Å². The number of rotatable bonds is 6. The van der Waals surface area contributed by atoms with Gasteiger partial charge in [-0.25, -0.2) is 9.67 Å². The number of aromatic nitrogens is 4. The molecule has 0 atom stereocenters. The van der Waals surface area contributed by atoms with E-state index in [4.69, 9.17) is 0 Å². The van der Waals surface area contributed by atoms with Gasteiger partial charge < -0.3 is 9.88 Å². The molecule has 0 fully saturated rings. The minimum absolute atomic E-state index is 0.735. The van der Waals surface area contributed by atoms with Gasteiger partial charge in [-0.05, 0) is 24.7 Å². The molecular formula is C16H19N5. The van der Waals surface area contributed by atoms with E-state index in [1.165, 1.54) is 0 Å². The molecule has 0 saturated heterocycles. The van der Waals surface area contributed by atoms with Crippen LogP contribution in [0.4, 0.5) is 0 Å². The molecule has 0 aliphatic rings. The molecule has 2 aromatic heterocycles. The maximum absolute atomic E-state index is 4.60. The van der Waals surface area contributed by atoms with E-state index in [0.717, 1.165) is 36.7 Å². The van der Waals surface area contributed by atoms with Crippen molar-refractivity contribution in [3.63, 3.8) is 0 Å². The first-order valence-electron chi connectivity index (χ1n) is 7.16. The first-order chi connectivity index (χ1) is 10.3. The van der Waals surface area contributed by atoms with Gasteiger partial charge in [0.15, 0.2) is 0 Å². The summed E-state index contributed by atoms with van der Waals surface area (Å²) in [7, 11) is 0. The molecule has 1 N–H and O–H groups in total. The van der Waals surface area contributed by atoms with Crippen molar-refractivity contribution >= 4 is 0 Å². The summed E-state index contributed by atoms with van der Waals surface area (Å²) in [6.45, 7) is 4.59. The van der Waals surface area contributed by atoms with Gasteiger partial charge in [-0.2, -0.15) is 5.10 Å². The average molecular weight is 281 g/mol. The van der Waals surface area contributed by atoms with E-state index in [0.29, 0.717) is 0 Å². The zero-order valence-corrected chi connectivity index (χ0v) is 12.1. The van der Waals surface area contributed by atoms with Gasteiger partial charge in [-0.3, -0.25) is 0 Å². The Balaban J connectivity index is 1.68. The highest BCUT2D eigenvalue weighted by Gasteiger charge is 2.03. The molecule has 5 nitrogen and oxygen atoms in total. The standard InChI is InChI=1S/C16H19N5/c1-2-17-10-15-12-20(13-18-15)11-14-8-9-21(19-14)16-6-4-3-5-7-16/h3-9,12-13,17H,2,10-11H2,1H3. The monoisotopic (exact) mass is 281 g/mol. The highest BCUT2D eigenvalue weighted by Crippen LogP contribution is 2.08. The maximum atomic E-state index is 4.60. The van der Waals surface area contributed by atoms with Gasteiger partial charge in [0, 0.05) is 18.9 Å². The Morgan fingerprint density at radius 3 is 2.76 bits per heavy atom. The van der Waals surface area contributed by atoms with Crippen molar-refractivity contribution in [1.29, 1.82) is 0 Å². The van der Waals surface area contributed by atoms with E-state index in [1.54, 1.807) is 0 Å². The molecule has 0 saturated carbocycles. The van der Waals surface area contributed by atoms with Crippen LogP contribution in [-0.2, 0) is 13.1 Å². The summed E-state index contributed by atoms with van der Waals surface area (Å²) in [5.74, 6) is 0. The Morgan fingerprint density at radius 2 is 1.95 bits per heavy atom. The lowest BCUT2D eigenvalue weighted by atomic mass is 10.3. The molecule has 0 unspecified atom stereocenters. The van der Waals surface area contributed by atoms with Crippen LogP contribution in [0.15, 0.2) is 55.1 Å². The molecule has 0 spiro atoms. The van der Waals surface area contributed by atoms with Crippen molar-refractivity contribution in [1.82, 2.24) is 24.6 Å². The smallest absolute Gasteiger partial charge is 0.0953 e. The fourth-order valence-corrected chi connectivity index (χ4v) is 2.19. The molecule has 2 heterocycles. The lowest BCUT2D eigenvalue weighted by Gasteiger charge is -2.01. The number of hydrogen-bond donors (Lipinski definition) is 1. The molecule has 0 aliphatic carbocycles. The van der Waals surface area contributed by atoms with Crippen molar-refractivity contribution in [2.45, 2.75) is 20.0 Å². The van der Waals surface area contributed by atoms with Crippen LogP contribution in [-0.4, -0.2) is 25.9 Å². The first-order valence-corrected chi connectivity index (χ1v) is 7.16. The molecule has 0 aliphatic heterocycles. The Morgan fingerprint density at radius 1 is 1.10 bits per heavy atom. The van der Waals surface area contributed by atoms with E-state index < -0.39 is 0 Å². The molecule has 0 radical (unpaired) electrons. The highest BCUT2D eigenvalue weighted by atomic mass is 15.3. The van der Waals surface area contributed by atoms with Crippen LogP contribution in [0.2, 0.25) is 0 Å². The fourth-order valence-electron chi connectivity index (χ4n) is 2.19. The fraction of sp³-hybridized carbons (Fsp3) is 0.250. The Hall–Kier alpha value is -2.40. The zero-order chi connectivity index (χ0) is 14.5. The molecule has 0 amide bonds. The Kier molecular flexibility index (Phi) is 4.12. The van der Waals surface area contributed by atoms with Crippen LogP contribution in [0.1, 0.15) is 18.3 Å². The summed E-state index contributed by atoms with van der Waals surface area (Å²) >= 11 is 0. The number of para-hydroxylation sites is 1. The predicted octanol–water partition coefficient (Wildman–Crippen LogP) is 2.23. The van der Waals surface area contributed by atoms with Crippen LogP contribution in [0.3, 0.4) is 0 Å². The van der Waals surface area contributed by atoms with E-state index in [9.17, 15) is 0 Å². The van der Waals surface area contributed by atoms with Crippen LogP contribution in [0.5, 0.6) is 0 Å².